The van der Waals surface area contributed by atoms with Gasteiger partial charge in [0.15, 0.2) is 5.82 Å². The molecular weight excluding hydrogens is 740 g/mol. The van der Waals surface area contributed by atoms with Crippen molar-refractivity contribution in [3.63, 3.8) is 0 Å². The number of fused-ring (bicyclic) bond motifs is 1. The normalized spacial score (nSPS) is 15.6. The van der Waals surface area contributed by atoms with Gasteiger partial charge in [-0.2, -0.15) is 15.0 Å². The van der Waals surface area contributed by atoms with Crippen LogP contribution in [0, 0.1) is 17.3 Å². The maximum Gasteiger partial charge on any atom is 0.235 e. The summed E-state index contributed by atoms with van der Waals surface area (Å²) in [6.45, 7) is 13.8. The van der Waals surface area contributed by atoms with Gasteiger partial charge in [0.1, 0.15) is 5.82 Å². The maximum atomic E-state index is 16.0. The zero-order chi connectivity index (χ0) is 31.4. The van der Waals surface area contributed by atoms with E-state index in [1.807, 2.05) is 84.6 Å². The average Bonchev–Trinajstić information content (AvgIpc) is 3.14. The van der Waals surface area contributed by atoms with Crippen LogP contribution < -0.4 is 9.80 Å². The fourth-order valence-electron chi connectivity index (χ4n) is 6.18. The van der Waals surface area contributed by atoms with Gasteiger partial charge in [0, 0.05) is 51.8 Å². The van der Waals surface area contributed by atoms with E-state index in [1.54, 1.807) is 0 Å². The summed E-state index contributed by atoms with van der Waals surface area (Å²) < 4.78 is 16.0. The number of hydrogen-bond donors (Lipinski definition) is 0. The molecule has 5 aromatic rings. The Bertz CT molecular complexity index is 1780. The molecule has 6 rings (SSSR count). The third-order valence-electron chi connectivity index (χ3n) is 10.3. The Balaban J connectivity index is 0.00000400. The van der Waals surface area contributed by atoms with Crippen molar-refractivity contribution < 1.29 is 24.5 Å². The molecule has 2 heterocycles. The van der Waals surface area contributed by atoms with Gasteiger partial charge in [-0.3, -0.25) is 0 Å². The van der Waals surface area contributed by atoms with Crippen LogP contribution in [-0.2, 0) is 30.9 Å². The van der Waals surface area contributed by atoms with E-state index in [1.165, 1.54) is 23.4 Å². The van der Waals surface area contributed by atoms with Crippen LogP contribution in [-0.4, -0.2) is 34.0 Å². The van der Waals surface area contributed by atoms with Crippen LogP contribution in [0.5, 0.6) is 0 Å². The molecule has 6 nitrogen and oxygen atoms in total. The summed E-state index contributed by atoms with van der Waals surface area (Å²) in [5.41, 5.74) is 5.72. The van der Waals surface area contributed by atoms with Crippen molar-refractivity contribution in [2.75, 3.05) is 23.9 Å². The quantitative estimate of drug-likeness (QED) is 0.161. The van der Waals surface area contributed by atoms with Crippen LogP contribution >= 0.6 is 0 Å². The summed E-state index contributed by atoms with van der Waals surface area (Å²) in [5, 5.41) is 0. The molecule has 0 N–H and O–H groups in total. The Morgan fingerprint density at radius 2 is 1.20 bits per heavy atom. The first-order chi connectivity index (χ1) is 20.8. The Kier molecular flexibility index (Phi) is 8.45. The van der Waals surface area contributed by atoms with E-state index >= 15 is 4.39 Å². The number of rotatable bonds is 6. The fraction of sp³-hybridized carbons (Fsp3) is 0.297. The van der Waals surface area contributed by atoms with Crippen LogP contribution in [0.1, 0.15) is 52.7 Å². The monoisotopic (exact) mass is 778 g/mol. The van der Waals surface area contributed by atoms with E-state index in [0.29, 0.717) is 17.6 Å². The second-order valence-corrected chi connectivity index (χ2v) is 13.1. The first kappa shape index (κ1) is 32.4. The van der Waals surface area contributed by atoms with E-state index in [9.17, 15) is 0 Å². The molecule has 0 fully saturated rings. The largest absolute Gasteiger partial charge is 0.313 e. The minimum absolute atomic E-state index is 0. The second kappa shape index (κ2) is 11.7. The summed E-state index contributed by atoms with van der Waals surface area (Å²) in [7, 11) is 3.76. The SMILES string of the molecule is CN(c1ccccc1)c1nc(-c2cnc(-c3[c-]cc4c(c3)C(C)(C)C(C)(C)C4(C)C)cc2F)nc(N(C)c2ccccc2)n1.[Ir]. The molecule has 0 aliphatic heterocycles. The molecule has 0 atom stereocenters. The van der Waals surface area contributed by atoms with Gasteiger partial charge in [-0.05, 0) is 52.3 Å². The second-order valence-electron chi connectivity index (χ2n) is 13.1. The Morgan fingerprint density at radius 3 is 1.71 bits per heavy atom. The van der Waals surface area contributed by atoms with Crippen LogP contribution in [0.25, 0.3) is 22.6 Å². The summed E-state index contributed by atoms with van der Waals surface area (Å²) in [6, 6.07) is 28.6. The molecule has 0 spiro atoms. The van der Waals surface area contributed by atoms with E-state index in [4.69, 9.17) is 19.9 Å². The van der Waals surface area contributed by atoms with E-state index in [2.05, 4.69) is 59.7 Å². The predicted molar refractivity (Wildman–Crippen MR) is 176 cm³/mol. The molecule has 0 saturated heterocycles. The van der Waals surface area contributed by atoms with Crippen molar-refractivity contribution >= 4 is 23.3 Å². The number of benzene rings is 3. The molecule has 0 amide bonds. The standard InChI is InChI=1S/C37H38FN6.Ir/c1-35(2)28-20-19-24(21-29(28)36(3,4)37(35,5)6)31-22-30(38)27(23-39-31)32-40-33(43(7)25-15-11-9-12-16-25)42-34(41-32)44(8)26-17-13-10-14-18-26;/h9-18,20-23H,1-8H3;/q-1;. The van der Waals surface area contributed by atoms with Gasteiger partial charge in [0.25, 0.3) is 0 Å². The molecular formula is C37H38FIrN6-. The van der Waals surface area contributed by atoms with Gasteiger partial charge >= 0.3 is 0 Å². The zero-order valence-corrected chi connectivity index (χ0v) is 29.4. The summed E-state index contributed by atoms with van der Waals surface area (Å²) in [5.74, 6) is 0.523. The zero-order valence-electron chi connectivity index (χ0n) is 27.0. The Morgan fingerprint density at radius 1 is 0.689 bits per heavy atom. The van der Waals surface area contributed by atoms with Gasteiger partial charge in [-0.25, -0.2) is 4.39 Å². The molecule has 1 radical (unpaired) electrons. The maximum absolute atomic E-state index is 16.0. The molecule has 0 unspecified atom stereocenters. The van der Waals surface area contributed by atoms with Crippen LogP contribution in [0.3, 0.4) is 0 Å². The van der Waals surface area contributed by atoms with Gasteiger partial charge in [-0.1, -0.05) is 77.9 Å². The number of para-hydroxylation sites is 2. The van der Waals surface area contributed by atoms with Crippen molar-refractivity contribution in [1.29, 1.82) is 0 Å². The van der Waals surface area contributed by atoms with Crippen LogP contribution in [0.2, 0.25) is 0 Å². The molecule has 3 aromatic carbocycles. The van der Waals surface area contributed by atoms with Crippen molar-refractivity contribution in [2.45, 2.75) is 52.4 Å². The summed E-state index contributed by atoms with van der Waals surface area (Å²) in [6.07, 6.45) is 1.51. The molecule has 233 valence electrons. The molecule has 2 aromatic heterocycles. The molecule has 1 aliphatic rings. The molecule has 0 saturated carbocycles. The van der Waals surface area contributed by atoms with Crippen molar-refractivity contribution in [1.82, 2.24) is 19.9 Å². The van der Waals surface area contributed by atoms with Crippen LogP contribution in [0.15, 0.2) is 85.1 Å². The average molecular weight is 778 g/mol. The minimum Gasteiger partial charge on any atom is -0.313 e. The fourth-order valence-corrected chi connectivity index (χ4v) is 6.18. The number of halogens is 1. The van der Waals surface area contributed by atoms with Crippen LogP contribution in [0.4, 0.5) is 27.7 Å². The minimum atomic E-state index is -0.461. The molecule has 8 heteroatoms. The third-order valence-corrected chi connectivity index (χ3v) is 10.3. The van der Waals surface area contributed by atoms with E-state index < -0.39 is 5.82 Å². The van der Waals surface area contributed by atoms with Gasteiger partial charge in [0.05, 0.1) is 5.56 Å². The molecule has 45 heavy (non-hydrogen) atoms. The topological polar surface area (TPSA) is 58.0 Å². The number of aromatic nitrogens is 4. The van der Waals surface area contributed by atoms with Gasteiger partial charge in [-0.15, -0.1) is 34.9 Å². The van der Waals surface area contributed by atoms with E-state index in [-0.39, 0.29) is 47.7 Å². The number of nitrogens with zero attached hydrogens (tertiary/aromatic N) is 6. The van der Waals surface area contributed by atoms with Crippen molar-refractivity contribution in [3.8, 4) is 22.6 Å². The molecule has 1 aliphatic carbocycles. The first-order valence-electron chi connectivity index (χ1n) is 14.9. The summed E-state index contributed by atoms with van der Waals surface area (Å²) in [4.78, 5) is 22.6. The number of hydrogen-bond acceptors (Lipinski definition) is 6. The Hall–Kier alpha value is -4.00. The van der Waals surface area contributed by atoms with E-state index in [0.717, 1.165) is 16.9 Å². The van der Waals surface area contributed by atoms with Gasteiger partial charge < -0.3 is 14.8 Å². The Labute approximate surface area is 279 Å². The first-order valence-corrected chi connectivity index (χ1v) is 14.9. The van der Waals surface area contributed by atoms with Crippen molar-refractivity contribution in [2.24, 2.45) is 5.41 Å². The summed E-state index contributed by atoms with van der Waals surface area (Å²) >= 11 is 0. The number of pyridine rings is 1. The number of anilines is 4. The third kappa shape index (κ3) is 5.34. The smallest absolute Gasteiger partial charge is 0.235 e. The van der Waals surface area contributed by atoms with Gasteiger partial charge in [0.2, 0.25) is 11.9 Å². The molecule has 0 bridgehead atoms. The predicted octanol–water partition coefficient (Wildman–Crippen LogP) is 8.67. The van der Waals surface area contributed by atoms with Crippen molar-refractivity contribution in [3.05, 3.63) is 108 Å².